The highest BCUT2D eigenvalue weighted by Gasteiger charge is 2.16. The van der Waals surface area contributed by atoms with Crippen LogP contribution in [0.5, 0.6) is 0 Å². The summed E-state index contributed by atoms with van der Waals surface area (Å²) in [4.78, 5) is 3.53. The Kier molecular flexibility index (Phi) is 2.09. The molecule has 2 heteroatoms. The van der Waals surface area contributed by atoms with Crippen molar-refractivity contribution in [3.05, 3.63) is 22.7 Å². The van der Waals surface area contributed by atoms with Crippen LogP contribution < -0.4 is 0 Å². The van der Waals surface area contributed by atoms with Crippen LogP contribution in [0.25, 0.3) is 0 Å². The molecule has 0 spiro atoms. The van der Waals surface area contributed by atoms with Crippen LogP contribution in [0.15, 0.2) is 22.7 Å². The third kappa shape index (κ3) is 1.37. The lowest BCUT2D eigenvalue weighted by Gasteiger charge is -2.20. The first-order valence-corrected chi connectivity index (χ1v) is 4.26. The first kappa shape index (κ1) is 7.73. The second-order valence-electron chi connectivity index (χ2n) is 2.74. The molecular formula is C8H13NS. The standard InChI is InChI=1S/C8H13NS/c1-6(2)9-5-7(3)10-8(9)4/h5-6H,4H2,1-3H3. The Bertz CT molecular complexity index is 182. The van der Waals surface area contributed by atoms with Crippen LogP contribution >= 0.6 is 11.8 Å². The zero-order valence-corrected chi connectivity index (χ0v) is 7.53. The van der Waals surface area contributed by atoms with E-state index in [2.05, 4.69) is 38.5 Å². The smallest absolute Gasteiger partial charge is 0.0722 e. The Hall–Kier alpha value is -0.370. The summed E-state index contributed by atoms with van der Waals surface area (Å²) in [6.45, 7) is 10.4. The largest absolute Gasteiger partial charge is 0.340 e. The predicted octanol–water partition coefficient (Wildman–Crippen LogP) is 2.78. The third-order valence-corrected chi connectivity index (χ3v) is 2.32. The van der Waals surface area contributed by atoms with Crippen LogP contribution in [0, 0.1) is 0 Å². The highest BCUT2D eigenvalue weighted by Crippen LogP contribution is 2.35. The quantitative estimate of drug-likeness (QED) is 0.573. The van der Waals surface area contributed by atoms with Gasteiger partial charge in [-0.05, 0) is 20.8 Å². The molecule has 10 heavy (non-hydrogen) atoms. The monoisotopic (exact) mass is 155 g/mol. The normalized spacial score (nSPS) is 18.6. The van der Waals surface area contributed by atoms with Crippen LogP contribution in [0.4, 0.5) is 0 Å². The van der Waals surface area contributed by atoms with E-state index in [0.29, 0.717) is 6.04 Å². The number of thioether (sulfide) groups is 1. The number of rotatable bonds is 1. The summed E-state index contributed by atoms with van der Waals surface area (Å²) >= 11 is 1.75. The van der Waals surface area contributed by atoms with Crippen molar-refractivity contribution >= 4 is 11.8 Å². The Labute approximate surface area is 66.8 Å². The summed E-state index contributed by atoms with van der Waals surface area (Å²) in [5.41, 5.74) is 0. The molecule has 0 radical (unpaired) electrons. The van der Waals surface area contributed by atoms with E-state index >= 15 is 0 Å². The Morgan fingerprint density at radius 2 is 2.20 bits per heavy atom. The summed E-state index contributed by atoms with van der Waals surface area (Å²) in [5.74, 6) is 0. The molecule has 0 unspecified atom stereocenters. The number of hydrogen-bond donors (Lipinski definition) is 0. The summed E-state index contributed by atoms with van der Waals surface area (Å²) in [6.07, 6.45) is 2.15. The molecule has 0 fully saturated rings. The van der Waals surface area contributed by atoms with Gasteiger partial charge in [-0.25, -0.2) is 0 Å². The van der Waals surface area contributed by atoms with Gasteiger partial charge in [0.05, 0.1) is 5.03 Å². The van der Waals surface area contributed by atoms with Gasteiger partial charge in [-0.15, -0.1) is 0 Å². The average molecular weight is 155 g/mol. The van der Waals surface area contributed by atoms with E-state index in [0.717, 1.165) is 5.03 Å². The predicted molar refractivity (Wildman–Crippen MR) is 47.5 cm³/mol. The summed E-state index contributed by atoms with van der Waals surface area (Å²) < 4.78 is 0. The highest BCUT2D eigenvalue weighted by atomic mass is 32.2. The van der Waals surface area contributed by atoms with Gasteiger partial charge in [0, 0.05) is 17.1 Å². The molecule has 1 nitrogen and oxygen atoms in total. The van der Waals surface area contributed by atoms with Gasteiger partial charge in [-0.2, -0.15) is 0 Å². The van der Waals surface area contributed by atoms with E-state index in [-0.39, 0.29) is 0 Å². The molecule has 0 aliphatic carbocycles. The molecule has 1 aliphatic rings. The van der Waals surface area contributed by atoms with Gasteiger partial charge in [-0.1, -0.05) is 18.3 Å². The van der Waals surface area contributed by atoms with E-state index in [1.807, 2.05) is 0 Å². The van der Waals surface area contributed by atoms with Crippen LogP contribution in [-0.4, -0.2) is 10.9 Å². The summed E-state index contributed by atoms with van der Waals surface area (Å²) in [5, 5.41) is 1.15. The van der Waals surface area contributed by atoms with Crippen molar-refractivity contribution in [1.29, 1.82) is 0 Å². The maximum atomic E-state index is 3.94. The van der Waals surface area contributed by atoms with E-state index in [9.17, 15) is 0 Å². The summed E-state index contributed by atoms with van der Waals surface area (Å²) in [7, 11) is 0. The number of hydrogen-bond acceptors (Lipinski definition) is 2. The van der Waals surface area contributed by atoms with Crippen molar-refractivity contribution in [2.24, 2.45) is 0 Å². The lowest BCUT2D eigenvalue weighted by atomic mass is 10.3. The minimum Gasteiger partial charge on any atom is -0.340 e. The van der Waals surface area contributed by atoms with E-state index in [1.165, 1.54) is 4.91 Å². The molecule has 0 saturated heterocycles. The maximum absolute atomic E-state index is 3.94. The SMILES string of the molecule is C=C1SC(C)=CN1C(C)C. The molecule has 1 heterocycles. The van der Waals surface area contributed by atoms with Gasteiger partial charge in [0.2, 0.25) is 0 Å². The van der Waals surface area contributed by atoms with E-state index < -0.39 is 0 Å². The van der Waals surface area contributed by atoms with Gasteiger partial charge < -0.3 is 4.90 Å². The van der Waals surface area contributed by atoms with E-state index in [1.54, 1.807) is 11.8 Å². The van der Waals surface area contributed by atoms with Crippen LogP contribution in [0.3, 0.4) is 0 Å². The molecule has 0 bridgehead atoms. The second-order valence-corrected chi connectivity index (χ2v) is 4.06. The number of allylic oxidation sites excluding steroid dienone is 1. The van der Waals surface area contributed by atoms with Crippen molar-refractivity contribution in [1.82, 2.24) is 4.90 Å². The fourth-order valence-corrected chi connectivity index (χ4v) is 1.88. The number of nitrogens with zero attached hydrogens (tertiary/aromatic N) is 1. The molecule has 0 N–H and O–H groups in total. The second kappa shape index (κ2) is 2.70. The fraction of sp³-hybridized carbons (Fsp3) is 0.500. The molecule has 56 valence electrons. The molecular weight excluding hydrogens is 142 g/mol. The molecule has 1 rings (SSSR count). The molecule has 1 aliphatic heterocycles. The van der Waals surface area contributed by atoms with Crippen molar-refractivity contribution < 1.29 is 0 Å². The molecule has 0 aromatic rings. The van der Waals surface area contributed by atoms with Gasteiger partial charge in [0.1, 0.15) is 0 Å². The fourth-order valence-electron chi connectivity index (χ4n) is 0.970. The van der Waals surface area contributed by atoms with Crippen molar-refractivity contribution in [3.8, 4) is 0 Å². The topological polar surface area (TPSA) is 3.24 Å². The highest BCUT2D eigenvalue weighted by molar-refractivity contribution is 8.06. The average Bonchev–Trinajstić information content (AvgIpc) is 2.10. The Morgan fingerprint density at radius 3 is 2.40 bits per heavy atom. The molecule has 0 amide bonds. The van der Waals surface area contributed by atoms with Crippen molar-refractivity contribution in [2.75, 3.05) is 0 Å². The molecule has 0 saturated carbocycles. The third-order valence-electron chi connectivity index (χ3n) is 1.44. The molecule has 0 aromatic heterocycles. The van der Waals surface area contributed by atoms with Crippen LogP contribution in [0.1, 0.15) is 20.8 Å². The van der Waals surface area contributed by atoms with Crippen LogP contribution in [0.2, 0.25) is 0 Å². The molecule has 0 atom stereocenters. The Balaban J connectivity index is 2.69. The first-order chi connectivity index (χ1) is 4.61. The lowest BCUT2D eigenvalue weighted by Crippen LogP contribution is -2.19. The van der Waals surface area contributed by atoms with Gasteiger partial charge in [-0.3, -0.25) is 0 Å². The minimum atomic E-state index is 0.539. The van der Waals surface area contributed by atoms with Crippen molar-refractivity contribution in [3.63, 3.8) is 0 Å². The van der Waals surface area contributed by atoms with Gasteiger partial charge >= 0.3 is 0 Å². The van der Waals surface area contributed by atoms with Gasteiger partial charge in [0.15, 0.2) is 0 Å². The zero-order valence-electron chi connectivity index (χ0n) is 6.72. The van der Waals surface area contributed by atoms with E-state index in [4.69, 9.17) is 0 Å². The molecule has 0 aromatic carbocycles. The zero-order chi connectivity index (χ0) is 7.72. The minimum absolute atomic E-state index is 0.539. The lowest BCUT2D eigenvalue weighted by molar-refractivity contribution is 0.413. The van der Waals surface area contributed by atoms with Crippen molar-refractivity contribution in [2.45, 2.75) is 26.8 Å². The van der Waals surface area contributed by atoms with Gasteiger partial charge in [0.25, 0.3) is 0 Å². The van der Waals surface area contributed by atoms with Crippen LogP contribution in [-0.2, 0) is 0 Å². The Morgan fingerprint density at radius 1 is 1.60 bits per heavy atom. The first-order valence-electron chi connectivity index (χ1n) is 3.45. The summed E-state index contributed by atoms with van der Waals surface area (Å²) in [6, 6.07) is 0.539. The maximum Gasteiger partial charge on any atom is 0.0722 e.